The summed E-state index contributed by atoms with van der Waals surface area (Å²) in [7, 11) is 0. The average molecular weight is 381 g/mol. The maximum atomic E-state index is 12.1. The molecule has 3 N–H and O–H groups in total. The molecule has 3 rings (SSSR count). The molecule has 0 radical (unpaired) electrons. The molecule has 0 fully saturated rings. The van der Waals surface area contributed by atoms with Crippen molar-refractivity contribution in [3.63, 3.8) is 0 Å². The van der Waals surface area contributed by atoms with Crippen LogP contribution in [0.15, 0.2) is 42.7 Å². The summed E-state index contributed by atoms with van der Waals surface area (Å²) in [4.78, 5) is 12.9. The molecule has 0 amide bonds. The lowest BCUT2D eigenvalue weighted by Crippen LogP contribution is -2.25. The Hall–Kier alpha value is -2.08. The minimum Gasteiger partial charge on any atom is -0.458 e. The fraction of sp³-hybridized carbons (Fsp3) is 0.143. The van der Waals surface area contributed by atoms with E-state index in [1.807, 2.05) is 18.2 Å². The second kappa shape index (κ2) is 5.61. The predicted molar refractivity (Wildman–Crippen MR) is 82.2 cm³/mol. The molecule has 1 aliphatic heterocycles. The van der Waals surface area contributed by atoms with Crippen molar-refractivity contribution in [2.75, 3.05) is 0 Å². The molecule has 8 heteroatoms. The summed E-state index contributed by atoms with van der Waals surface area (Å²) in [6.45, 7) is -0.426. The molecule has 112 valence electrons. The van der Waals surface area contributed by atoms with Crippen LogP contribution in [0.25, 0.3) is 0 Å². The topological polar surface area (TPSA) is 109 Å². The first-order valence-corrected chi connectivity index (χ1v) is 7.76. The molecular formula is C14H9BrN2O4S. The number of rotatable bonds is 2. The molecule has 0 spiro atoms. The summed E-state index contributed by atoms with van der Waals surface area (Å²) in [6, 6.07) is 6.79. The van der Waals surface area contributed by atoms with Gasteiger partial charge in [-0.15, -0.1) is 11.3 Å². The van der Waals surface area contributed by atoms with Crippen LogP contribution in [0.4, 0.5) is 0 Å². The normalized spacial score (nSPS) is 16.9. The number of thiophene rings is 1. The summed E-state index contributed by atoms with van der Waals surface area (Å²) in [5, 5.41) is 18.6. The lowest BCUT2D eigenvalue weighted by Gasteiger charge is -2.23. The first kappa shape index (κ1) is 14.8. The van der Waals surface area contributed by atoms with Crippen molar-refractivity contribution < 1.29 is 14.3 Å². The molecule has 2 aromatic rings. The van der Waals surface area contributed by atoms with Crippen LogP contribution in [-0.4, -0.2) is 5.11 Å². The monoisotopic (exact) mass is 380 g/mol. The number of nitrogens with zero attached hydrogens (tertiary/aromatic N) is 1. The highest BCUT2D eigenvalue weighted by Crippen LogP contribution is 2.43. The number of nitrogens with two attached hydrogens (primary N) is 1. The van der Waals surface area contributed by atoms with Crippen molar-refractivity contribution in [3.05, 3.63) is 60.1 Å². The summed E-state index contributed by atoms with van der Waals surface area (Å²) in [5.74, 6) is -0.525. The second-order valence-corrected chi connectivity index (χ2v) is 6.99. The van der Waals surface area contributed by atoms with E-state index < -0.39 is 18.0 Å². The van der Waals surface area contributed by atoms with Crippen molar-refractivity contribution >= 4 is 27.3 Å². The van der Waals surface area contributed by atoms with Gasteiger partial charge in [-0.25, -0.2) is 0 Å². The third-order valence-corrected chi connectivity index (χ3v) is 4.85. The van der Waals surface area contributed by atoms with Crippen molar-refractivity contribution in [2.45, 2.75) is 12.5 Å². The average Bonchev–Trinajstić information content (AvgIpc) is 2.92. The Balaban J connectivity index is 2.29. The van der Waals surface area contributed by atoms with Crippen molar-refractivity contribution in [2.24, 2.45) is 5.73 Å². The van der Waals surface area contributed by atoms with E-state index in [2.05, 4.69) is 15.9 Å². The van der Waals surface area contributed by atoms with E-state index in [1.54, 1.807) is 0 Å². The zero-order chi connectivity index (χ0) is 15.9. The Morgan fingerprint density at radius 1 is 1.50 bits per heavy atom. The molecule has 1 atom stereocenters. The van der Waals surface area contributed by atoms with E-state index in [1.165, 1.54) is 11.3 Å². The number of ether oxygens (including phenoxy) is 1. The lowest BCUT2D eigenvalue weighted by atomic mass is 9.93. The molecule has 6 nitrogen and oxygen atoms in total. The van der Waals surface area contributed by atoms with Crippen LogP contribution in [0.5, 0.6) is 5.75 Å². The fourth-order valence-electron chi connectivity index (χ4n) is 2.23. The smallest absolute Gasteiger partial charge is 0.228 e. The molecule has 22 heavy (non-hydrogen) atoms. The van der Waals surface area contributed by atoms with Gasteiger partial charge >= 0.3 is 0 Å². The third kappa shape index (κ3) is 2.33. The molecule has 2 aromatic heterocycles. The molecular weight excluding hydrogens is 372 g/mol. The number of hydrogen-bond donors (Lipinski definition) is 2. The largest absolute Gasteiger partial charge is 0.458 e. The van der Waals surface area contributed by atoms with E-state index in [0.29, 0.717) is 0 Å². The van der Waals surface area contributed by atoms with E-state index in [9.17, 15) is 15.2 Å². The molecule has 0 saturated heterocycles. The van der Waals surface area contributed by atoms with Gasteiger partial charge in [-0.2, -0.15) is 5.26 Å². The zero-order valence-electron chi connectivity index (χ0n) is 11.0. The summed E-state index contributed by atoms with van der Waals surface area (Å²) in [5.41, 5.74) is 5.49. The van der Waals surface area contributed by atoms with Crippen LogP contribution < -0.4 is 15.9 Å². The zero-order valence-corrected chi connectivity index (χ0v) is 13.4. The number of halogens is 1. The molecule has 1 unspecified atom stereocenters. The molecule has 0 bridgehead atoms. The predicted octanol–water partition coefficient (Wildman–Crippen LogP) is 2.17. The van der Waals surface area contributed by atoms with Crippen molar-refractivity contribution in [1.29, 1.82) is 5.26 Å². The van der Waals surface area contributed by atoms with Gasteiger partial charge in [0, 0.05) is 10.9 Å². The minimum atomic E-state index is -0.635. The van der Waals surface area contributed by atoms with Gasteiger partial charge in [0.2, 0.25) is 17.1 Å². The van der Waals surface area contributed by atoms with Crippen LogP contribution in [0, 0.1) is 11.3 Å². The van der Waals surface area contributed by atoms with Gasteiger partial charge in [-0.1, -0.05) is 0 Å². The molecule has 1 aliphatic rings. The van der Waals surface area contributed by atoms with E-state index in [0.717, 1.165) is 14.7 Å². The van der Waals surface area contributed by atoms with Gasteiger partial charge in [0.15, 0.2) is 5.76 Å². The maximum absolute atomic E-state index is 12.1. The Labute approximate surface area is 137 Å². The maximum Gasteiger partial charge on any atom is 0.228 e. The Morgan fingerprint density at radius 2 is 2.27 bits per heavy atom. The van der Waals surface area contributed by atoms with Gasteiger partial charge in [-0.05, 0) is 28.1 Å². The first-order valence-electron chi connectivity index (χ1n) is 6.15. The highest BCUT2D eigenvalue weighted by atomic mass is 79.9. The standard InChI is InChI=1S/C14H9BrN2O4S/c15-10-2-1-9(22-10)11-7(4-16)14(17)21-12-8(19)3-6(5-18)20-13(11)12/h1-3,11,18H,5,17H2. The summed E-state index contributed by atoms with van der Waals surface area (Å²) in [6.07, 6.45) is 0. The van der Waals surface area contributed by atoms with E-state index in [4.69, 9.17) is 14.9 Å². The molecule has 0 saturated carbocycles. The van der Waals surface area contributed by atoms with E-state index in [-0.39, 0.29) is 28.7 Å². The fourth-order valence-corrected chi connectivity index (χ4v) is 3.76. The summed E-state index contributed by atoms with van der Waals surface area (Å²) < 4.78 is 11.7. The van der Waals surface area contributed by atoms with Crippen LogP contribution in [0.1, 0.15) is 22.3 Å². The summed E-state index contributed by atoms with van der Waals surface area (Å²) >= 11 is 4.76. The number of allylic oxidation sites excluding steroid dienone is 1. The number of nitriles is 1. The first-order chi connectivity index (χ1) is 10.5. The van der Waals surface area contributed by atoms with Gasteiger partial charge in [0.25, 0.3) is 0 Å². The molecule has 3 heterocycles. The van der Waals surface area contributed by atoms with Crippen LogP contribution in [0.2, 0.25) is 0 Å². The van der Waals surface area contributed by atoms with Crippen LogP contribution >= 0.6 is 27.3 Å². The van der Waals surface area contributed by atoms with E-state index >= 15 is 0 Å². The number of aliphatic hydroxyl groups is 1. The van der Waals surface area contributed by atoms with Crippen LogP contribution in [-0.2, 0) is 6.61 Å². The molecule has 0 aliphatic carbocycles. The third-order valence-electron chi connectivity index (χ3n) is 3.16. The highest BCUT2D eigenvalue weighted by molar-refractivity contribution is 9.11. The van der Waals surface area contributed by atoms with Gasteiger partial charge in [0.05, 0.1) is 9.70 Å². The number of aliphatic hydroxyl groups excluding tert-OH is 1. The second-order valence-electron chi connectivity index (χ2n) is 4.50. The molecule has 0 aromatic carbocycles. The highest BCUT2D eigenvalue weighted by Gasteiger charge is 2.35. The quantitative estimate of drug-likeness (QED) is 0.825. The van der Waals surface area contributed by atoms with Gasteiger partial charge in [0.1, 0.15) is 24.0 Å². The Morgan fingerprint density at radius 3 is 2.86 bits per heavy atom. The van der Waals surface area contributed by atoms with Crippen molar-refractivity contribution in [1.82, 2.24) is 0 Å². The van der Waals surface area contributed by atoms with Gasteiger partial charge < -0.3 is 20.0 Å². The van der Waals surface area contributed by atoms with Crippen LogP contribution in [0.3, 0.4) is 0 Å². The van der Waals surface area contributed by atoms with Gasteiger partial charge in [-0.3, -0.25) is 4.79 Å². The number of fused-ring (bicyclic) bond motifs is 1. The number of hydrogen-bond acceptors (Lipinski definition) is 7. The Bertz CT molecular complexity index is 878. The minimum absolute atomic E-state index is 0.0526. The lowest BCUT2D eigenvalue weighted by molar-refractivity contribution is 0.232. The SMILES string of the molecule is N#CC1=C(N)Oc2c(oc(CO)cc2=O)C1c1ccc(Br)s1. The Kier molecular flexibility index (Phi) is 3.78. The van der Waals surface area contributed by atoms with Crippen molar-refractivity contribution in [3.8, 4) is 11.8 Å².